The number of nitrogens with zero attached hydrogens (tertiary/aromatic N) is 4. The molecule has 0 aliphatic carbocycles. The molecule has 3 aromatic heterocycles. The summed E-state index contributed by atoms with van der Waals surface area (Å²) in [6, 6.07) is 11.3. The minimum Gasteiger partial charge on any atom is -0.453 e. The third-order valence-corrected chi connectivity index (χ3v) is 8.77. The number of anilines is 1. The van der Waals surface area contributed by atoms with Gasteiger partial charge >= 0.3 is 12.1 Å². The van der Waals surface area contributed by atoms with Crippen molar-refractivity contribution in [3.63, 3.8) is 0 Å². The van der Waals surface area contributed by atoms with E-state index in [2.05, 4.69) is 30.8 Å². The van der Waals surface area contributed by atoms with E-state index in [-0.39, 0.29) is 29.4 Å². The van der Waals surface area contributed by atoms with Crippen molar-refractivity contribution in [3.8, 4) is 22.1 Å². The molecule has 2 fully saturated rings. The summed E-state index contributed by atoms with van der Waals surface area (Å²) in [7, 11) is 0. The standard InChI is InChI=1S/C33H36FN7O5S/c1-19(42)41-17-23(18-41)38-31(43)37-21-6-8-27(24(34)11-21)45-28-9-10-35-26-12-29(47-30(26)28)25-7-5-20(13-36-25)14-40-15-22(16-40)39-32(44)46-33(2,3)4/h5-13,22-23H,14-18H2,1-4H3,(H,39,44)(H2,37,38,43). The van der Waals surface area contributed by atoms with Crippen LogP contribution in [0.2, 0.25) is 0 Å². The summed E-state index contributed by atoms with van der Waals surface area (Å²) in [4.78, 5) is 49.5. The van der Waals surface area contributed by atoms with Crippen molar-refractivity contribution in [1.29, 1.82) is 0 Å². The smallest absolute Gasteiger partial charge is 0.407 e. The van der Waals surface area contributed by atoms with Crippen LogP contribution in [-0.2, 0) is 16.1 Å². The van der Waals surface area contributed by atoms with Gasteiger partial charge in [0.05, 0.1) is 32.9 Å². The van der Waals surface area contributed by atoms with Crippen LogP contribution in [0.1, 0.15) is 33.3 Å². The second-order valence-corrected chi connectivity index (χ2v) is 13.7. The molecule has 0 bridgehead atoms. The van der Waals surface area contributed by atoms with Crippen LogP contribution in [0, 0.1) is 5.82 Å². The normalized spacial score (nSPS) is 15.5. The van der Waals surface area contributed by atoms with E-state index in [1.54, 1.807) is 23.2 Å². The van der Waals surface area contributed by atoms with Gasteiger partial charge in [-0.2, -0.15) is 0 Å². The zero-order valence-corrected chi connectivity index (χ0v) is 27.3. The van der Waals surface area contributed by atoms with Gasteiger partial charge in [0.15, 0.2) is 11.6 Å². The lowest BCUT2D eigenvalue weighted by atomic mass is 10.1. The van der Waals surface area contributed by atoms with Gasteiger partial charge in [-0.1, -0.05) is 6.07 Å². The van der Waals surface area contributed by atoms with Crippen molar-refractivity contribution in [2.75, 3.05) is 31.5 Å². The van der Waals surface area contributed by atoms with Crippen LogP contribution in [0.5, 0.6) is 11.5 Å². The number of hydrogen-bond acceptors (Lipinski definition) is 9. The highest BCUT2D eigenvalue weighted by atomic mass is 32.1. The maximum Gasteiger partial charge on any atom is 0.407 e. The van der Waals surface area contributed by atoms with E-state index in [9.17, 15) is 14.4 Å². The second kappa shape index (κ2) is 13.1. The minimum atomic E-state index is -0.637. The fourth-order valence-corrected chi connectivity index (χ4v) is 6.31. The first-order chi connectivity index (χ1) is 22.4. The van der Waals surface area contributed by atoms with E-state index in [1.807, 2.05) is 45.2 Å². The van der Waals surface area contributed by atoms with Gasteiger partial charge in [0.1, 0.15) is 11.4 Å². The summed E-state index contributed by atoms with van der Waals surface area (Å²) in [5, 5.41) is 8.28. The first kappa shape index (κ1) is 32.1. The summed E-state index contributed by atoms with van der Waals surface area (Å²) in [6.45, 7) is 10.1. The predicted molar refractivity (Wildman–Crippen MR) is 176 cm³/mol. The van der Waals surface area contributed by atoms with Crippen LogP contribution in [0.15, 0.2) is 54.9 Å². The van der Waals surface area contributed by atoms with Crippen molar-refractivity contribution in [1.82, 2.24) is 30.4 Å². The lowest BCUT2D eigenvalue weighted by Gasteiger charge is -2.39. The lowest BCUT2D eigenvalue weighted by Crippen LogP contribution is -2.61. The molecule has 0 unspecified atom stereocenters. The SMILES string of the molecule is CC(=O)N1CC(NC(=O)Nc2ccc(Oc3ccnc4cc(-c5ccc(CN6CC(NC(=O)OC(C)(C)C)C6)cn5)sc34)c(F)c2)C1. The number of likely N-dealkylation sites (tertiary alicyclic amines) is 2. The quantitative estimate of drug-likeness (QED) is 0.230. The number of benzene rings is 1. The van der Waals surface area contributed by atoms with Crippen molar-refractivity contribution in [2.45, 2.75) is 51.9 Å². The Morgan fingerprint density at radius 2 is 1.74 bits per heavy atom. The van der Waals surface area contributed by atoms with Crippen LogP contribution in [0.25, 0.3) is 20.8 Å². The Balaban J connectivity index is 1.04. The molecule has 0 saturated carbocycles. The predicted octanol–water partition coefficient (Wildman–Crippen LogP) is 5.35. The van der Waals surface area contributed by atoms with Crippen LogP contribution in [0.3, 0.4) is 0 Å². The Hall–Kier alpha value is -4.82. The van der Waals surface area contributed by atoms with Crippen LogP contribution in [0.4, 0.5) is 19.7 Å². The largest absolute Gasteiger partial charge is 0.453 e. The van der Waals surface area contributed by atoms with Gasteiger partial charge in [0.25, 0.3) is 0 Å². The summed E-state index contributed by atoms with van der Waals surface area (Å²) in [6.07, 6.45) is 3.05. The molecule has 0 spiro atoms. The minimum absolute atomic E-state index is 0.00602. The first-order valence-corrected chi connectivity index (χ1v) is 16.1. The van der Waals surface area contributed by atoms with Gasteiger partial charge < -0.3 is 30.3 Å². The highest BCUT2D eigenvalue weighted by molar-refractivity contribution is 7.22. The number of fused-ring (bicyclic) bond motifs is 1. The van der Waals surface area contributed by atoms with Gasteiger partial charge in [-0.3, -0.25) is 19.7 Å². The fraction of sp³-hybridized carbons (Fsp3) is 0.364. The number of urea groups is 1. The number of carbonyl (C=O) groups excluding carboxylic acids is 3. The topological polar surface area (TPSA) is 138 Å². The van der Waals surface area contributed by atoms with Gasteiger partial charge in [-0.05, 0) is 50.6 Å². The van der Waals surface area contributed by atoms with E-state index in [1.165, 1.54) is 30.4 Å². The summed E-state index contributed by atoms with van der Waals surface area (Å²) in [5.74, 6) is -0.219. The third kappa shape index (κ3) is 7.95. The van der Waals surface area contributed by atoms with Crippen molar-refractivity contribution in [2.24, 2.45) is 0 Å². The zero-order chi connectivity index (χ0) is 33.3. The maximum absolute atomic E-state index is 15.0. The number of pyridine rings is 2. The molecular formula is C33H36FN7O5S. The Bertz CT molecular complexity index is 1800. The van der Waals surface area contributed by atoms with Crippen molar-refractivity contribution in [3.05, 3.63) is 66.2 Å². The number of aromatic nitrogens is 2. The third-order valence-electron chi connectivity index (χ3n) is 7.61. The second-order valence-electron chi connectivity index (χ2n) is 12.7. The Kier molecular flexibility index (Phi) is 8.97. The molecular weight excluding hydrogens is 625 g/mol. The molecule has 1 aromatic carbocycles. The van der Waals surface area contributed by atoms with E-state index in [0.717, 1.165) is 40.5 Å². The zero-order valence-electron chi connectivity index (χ0n) is 26.5. The molecule has 246 valence electrons. The van der Waals surface area contributed by atoms with E-state index in [4.69, 9.17) is 9.47 Å². The highest BCUT2D eigenvalue weighted by Crippen LogP contribution is 2.39. The van der Waals surface area contributed by atoms with E-state index in [0.29, 0.717) is 24.4 Å². The molecule has 2 saturated heterocycles. The van der Waals surface area contributed by atoms with Crippen LogP contribution < -0.4 is 20.7 Å². The number of amides is 4. The molecule has 47 heavy (non-hydrogen) atoms. The lowest BCUT2D eigenvalue weighted by molar-refractivity contribution is -0.133. The molecule has 12 nitrogen and oxygen atoms in total. The molecule has 5 heterocycles. The molecule has 4 aromatic rings. The molecule has 2 aliphatic heterocycles. The Morgan fingerprint density at radius 3 is 2.43 bits per heavy atom. The molecule has 3 N–H and O–H groups in total. The monoisotopic (exact) mass is 661 g/mol. The number of carbonyl (C=O) groups is 3. The van der Waals surface area contributed by atoms with Crippen LogP contribution in [-0.4, -0.2) is 81.7 Å². The number of rotatable bonds is 8. The Labute approximate surface area is 275 Å². The van der Waals surface area contributed by atoms with Gasteiger partial charge in [-0.25, -0.2) is 14.0 Å². The summed E-state index contributed by atoms with van der Waals surface area (Å²) < 4.78 is 27.1. The highest BCUT2D eigenvalue weighted by Gasteiger charge is 2.30. The molecule has 0 radical (unpaired) electrons. The number of halogens is 1. The van der Waals surface area contributed by atoms with Gasteiger partial charge in [-0.15, -0.1) is 11.3 Å². The van der Waals surface area contributed by atoms with Crippen LogP contribution >= 0.6 is 11.3 Å². The number of nitrogens with one attached hydrogen (secondary N) is 3. The average Bonchev–Trinajstić information content (AvgIpc) is 3.40. The van der Waals surface area contributed by atoms with Crippen molar-refractivity contribution < 1.29 is 28.2 Å². The van der Waals surface area contributed by atoms with E-state index < -0.39 is 23.5 Å². The number of thiophene rings is 1. The number of hydrogen-bond donors (Lipinski definition) is 3. The first-order valence-electron chi connectivity index (χ1n) is 15.2. The molecule has 14 heteroatoms. The van der Waals surface area contributed by atoms with Gasteiger partial charge in [0, 0.05) is 69.9 Å². The Morgan fingerprint density at radius 1 is 0.979 bits per heavy atom. The fourth-order valence-electron chi connectivity index (χ4n) is 5.27. The van der Waals surface area contributed by atoms with Crippen molar-refractivity contribution >= 4 is 45.3 Å². The molecule has 0 atom stereocenters. The number of ether oxygens (including phenoxy) is 2. The summed E-state index contributed by atoms with van der Waals surface area (Å²) >= 11 is 1.45. The molecule has 4 amide bonds. The number of alkyl carbamates (subject to hydrolysis) is 1. The summed E-state index contributed by atoms with van der Waals surface area (Å²) in [5.41, 5.74) is 2.29. The van der Waals surface area contributed by atoms with Gasteiger partial charge in [0.2, 0.25) is 5.91 Å². The molecule has 2 aliphatic rings. The molecule has 6 rings (SSSR count). The maximum atomic E-state index is 15.0. The van der Waals surface area contributed by atoms with E-state index >= 15 is 4.39 Å². The average molecular weight is 662 g/mol.